The Morgan fingerprint density at radius 3 is 2.80 bits per heavy atom. The normalized spacial score (nSPS) is 14.0. The van der Waals surface area contributed by atoms with E-state index in [1.165, 1.54) is 0 Å². The van der Waals surface area contributed by atoms with Crippen molar-refractivity contribution in [1.29, 1.82) is 5.26 Å². The minimum absolute atomic E-state index is 0.0179. The third kappa shape index (κ3) is 3.26. The molecule has 15 heavy (non-hydrogen) atoms. The van der Waals surface area contributed by atoms with Gasteiger partial charge in [0.05, 0.1) is 0 Å². The summed E-state index contributed by atoms with van der Waals surface area (Å²) in [7, 11) is 0. The van der Waals surface area contributed by atoms with Crippen LogP contribution in [0.1, 0.15) is 31.9 Å². The molecule has 0 saturated heterocycles. The highest BCUT2D eigenvalue weighted by Gasteiger charge is 2.07. The van der Waals surface area contributed by atoms with E-state index in [0.29, 0.717) is 12.2 Å². The number of rotatable bonds is 4. The second-order valence-electron chi connectivity index (χ2n) is 3.51. The molecule has 0 saturated carbocycles. The molecule has 0 aromatic heterocycles. The van der Waals surface area contributed by atoms with E-state index in [1.807, 2.05) is 38.1 Å². The molecule has 0 aliphatic rings. The van der Waals surface area contributed by atoms with Crippen molar-refractivity contribution < 1.29 is 4.74 Å². The number of nitrogens with two attached hydrogens (primary N) is 1. The first-order chi connectivity index (χ1) is 7.17. The van der Waals surface area contributed by atoms with Crippen molar-refractivity contribution in [1.82, 2.24) is 0 Å². The third-order valence-corrected chi connectivity index (χ3v) is 2.18. The molecule has 1 aromatic rings. The smallest absolute Gasteiger partial charge is 0.184 e. The van der Waals surface area contributed by atoms with Crippen LogP contribution in [-0.2, 0) is 0 Å². The van der Waals surface area contributed by atoms with E-state index < -0.39 is 0 Å². The van der Waals surface area contributed by atoms with E-state index >= 15 is 0 Å². The molecule has 0 amide bonds. The van der Waals surface area contributed by atoms with Gasteiger partial charge in [-0.25, -0.2) is 0 Å². The fourth-order valence-corrected chi connectivity index (χ4v) is 1.24. The van der Waals surface area contributed by atoms with Crippen molar-refractivity contribution >= 4 is 0 Å². The average molecular weight is 204 g/mol. The summed E-state index contributed by atoms with van der Waals surface area (Å²) in [6.45, 7) is 3.84. The summed E-state index contributed by atoms with van der Waals surface area (Å²) in [6.07, 6.45) is 0.298. The van der Waals surface area contributed by atoms with Crippen LogP contribution in [0.15, 0.2) is 24.3 Å². The fraction of sp³-hybridized carbons (Fsp3) is 0.417. The Kier molecular flexibility index (Phi) is 4.14. The van der Waals surface area contributed by atoms with Crippen molar-refractivity contribution in [3.8, 4) is 11.8 Å². The Labute approximate surface area is 90.5 Å². The van der Waals surface area contributed by atoms with Crippen LogP contribution in [-0.4, -0.2) is 6.10 Å². The molecule has 1 rings (SSSR count). The lowest BCUT2D eigenvalue weighted by atomic mass is 10.1. The maximum absolute atomic E-state index is 8.77. The van der Waals surface area contributed by atoms with Crippen LogP contribution in [0.4, 0.5) is 0 Å². The van der Waals surface area contributed by atoms with Crippen molar-refractivity contribution in [3.63, 3.8) is 0 Å². The second kappa shape index (κ2) is 5.38. The molecule has 0 bridgehead atoms. The second-order valence-corrected chi connectivity index (χ2v) is 3.51. The van der Waals surface area contributed by atoms with Gasteiger partial charge in [0.25, 0.3) is 0 Å². The maximum Gasteiger partial charge on any atom is 0.184 e. The van der Waals surface area contributed by atoms with Crippen LogP contribution in [0.25, 0.3) is 0 Å². The van der Waals surface area contributed by atoms with Gasteiger partial charge in [0.2, 0.25) is 0 Å². The summed E-state index contributed by atoms with van der Waals surface area (Å²) >= 11 is 0. The fourth-order valence-electron chi connectivity index (χ4n) is 1.24. The maximum atomic E-state index is 8.77. The quantitative estimate of drug-likeness (QED) is 0.819. The zero-order valence-corrected chi connectivity index (χ0v) is 9.10. The molecule has 0 aliphatic carbocycles. The van der Waals surface area contributed by atoms with E-state index in [1.54, 1.807) is 0 Å². The van der Waals surface area contributed by atoms with Crippen LogP contribution in [0, 0.1) is 11.3 Å². The summed E-state index contributed by atoms with van der Waals surface area (Å²) in [6, 6.07) is 9.63. The Morgan fingerprint density at radius 1 is 1.53 bits per heavy atom. The van der Waals surface area contributed by atoms with Crippen LogP contribution in [0.2, 0.25) is 0 Å². The number of nitriles is 1. The topological polar surface area (TPSA) is 59.0 Å². The molecule has 0 fully saturated rings. The molecular formula is C12H16N2O. The van der Waals surface area contributed by atoms with Gasteiger partial charge in [0.15, 0.2) is 6.10 Å². The van der Waals surface area contributed by atoms with Crippen LogP contribution >= 0.6 is 0 Å². The van der Waals surface area contributed by atoms with Gasteiger partial charge in [-0.15, -0.1) is 0 Å². The summed E-state index contributed by atoms with van der Waals surface area (Å²) < 4.78 is 5.49. The lowest BCUT2D eigenvalue weighted by Crippen LogP contribution is -2.12. The standard InChI is InChI=1S/C12H16N2O/c1-3-11(8-13)15-12-6-4-5-10(7-12)9(2)14/h4-7,9,11H,3,14H2,1-2H3/t9-,11?/m0/s1. The number of nitrogens with zero attached hydrogens (tertiary/aromatic N) is 1. The van der Waals surface area contributed by atoms with Crippen molar-refractivity contribution in [2.75, 3.05) is 0 Å². The van der Waals surface area contributed by atoms with E-state index in [-0.39, 0.29) is 12.1 Å². The van der Waals surface area contributed by atoms with Gasteiger partial charge < -0.3 is 10.5 Å². The Bertz CT molecular complexity index is 355. The minimum atomic E-state index is -0.381. The molecule has 80 valence electrons. The first-order valence-corrected chi connectivity index (χ1v) is 5.09. The van der Waals surface area contributed by atoms with Crippen molar-refractivity contribution in [3.05, 3.63) is 29.8 Å². The summed E-state index contributed by atoms with van der Waals surface area (Å²) in [4.78, 5) is 0. The van der Waals surface area contributed by atoms with Gasteiger partial charge in [-0.05, 0) is 31.0 Å². The molecule has 2 atom stereocenters. The predicted molar refractivity (Wildman–Crippen MR) is 59.4 cm³/mol. The van der Waals surface area contributed by atoms with Crippen molar-refractivity contribution in [2.45, 2.75) is 32.4 Å². The first-order valence-electron chi connectivity index (χ1n) is 5.09. The zero-order chi connectivity index (χ0) is 11.3. The summed E-state index contributed by atoms with van der Waals surface area (Å²) in [5, 5.41) is 8.77. The number of benzene rings is 1. The van der Waals surface area contributed by atoms with Crippen LogP contribution in [0.5, 0.6) is 5.75 Å². The molecule has 0 spiro atoms. The van der Waals surface area contributed by atoms with Gasteiger partial charge in [0.1, 0.15) is 11.8 Å². The molecule has 3 nitrogen and oxygen atoms in total. The highest BCUT2D eigenvalue weighted by Crippen LogP contribution is 2.19. The van der Waals surface area contributed by atoms with Gasteiger partial charge in [-0.3, -0.25) is 0 Å². The number of ether oxygens (including phenoxy) is 1. The zero-order valence-electron chi connectivity index (χ0n) is 9.10. The Morgan fingerprint density at radius 2 is 2.27 bits per heavy atom. The van der Waals surface area contributed by atoms with E-state index in [9.17, 15) is 0 Å². The van der Waals surface area contributed by atoms with E-state index in [4.69, 9.17) is 15.7 Å². The van der Waals surface area contributed by atoms with E-state index in [0.717, 1.165) is 5.56 Å². The first kappa shape index (κ1) is 11.5. The summed E-state index contributed by atoms with van der Waals surface area (Å²) in [5.41, 5.74) is 6.77. The highest BCUT2D eigenvalue weighted by molar-refractivity contribution is 5.30. The SMILES string of the molecule is CCC(C#N)Oc1cccc([C@H](C)N)c1. The van der Waals surface area contributed by atoms with Crippen LogP contribution < -0.4 is 10.5 Å². The molecule has 2 N–H and O–H groups in total. The number of hydrogen-bond acceptors (Lipinski definition) is 3. The monoisotopic (exact) mass is 204 g/mol. The Balaban J connectivity index is 2.78. The molecule has 1 unspecified atom stereocenters. The molecule has 3 heteroatoms. The average Bonchev–Trinajstić information content (AvgIpc) is 2.26. The van der Waals surface area contributed by atoms with E-state index in [2.05, 4.69) is 6.07 Å². The lowest BCUT2D eigenvalue weighted by Gasteiger charge is -2.12. The number of hydrogen-bond donors (Lipinski definition) is 1. The van der Waals surface area contributed by atoms with Gasteiger partial charge in [-0.2, -0.15) is 5.26 Å². The molecule has 0 aliphatic heterocycles. The van der Waals surface area contributed by atoms with Gasteiger partial charge >= 0.3 is 0 Å². The molecule has 0 heterocycles. The van der Waals surface area contributed by atoms with Gasteiger partial charge in [-0.1, -0.05) is 19.1 Å². The van der Waals surface area contributed by atoms with Crippen molar-refractivity contribution in [2.24, 2.45) is 5.73 Å². The third-order valence-electron chi connectivity index (χ3n) is 2.18. The Hall–Kier alpha value is -1.53. The highest BCUT2D eigenvalue weighted by atomic mass is 16.5. The minimum Gasteiger partial charge on any atom is -0.476 e. The van der Waals surface area contributed by atoms with Gasteiger partial charge in [0, 0.05) is 6.04 Å². The largest absolute Gasteiger partial charge is 0.476 e. The van der Waals surface area contributed by atoms with Crippen LogP contribution in [0.3, 0.4) is 0 Å². The predicted octanol–water partition coefficient (Wildman–Crippen LogP) is 2.39. The summed E-state index contributed by atoms with van der Waals surface area (Å²) in [5.74, 6) is 0.707. The lowest BCUT2D eigenvalue weighted by molar-refractivity contribution is 0.251. The molecule has 1 aromatic carbocycles. The molecule has 0 radical (unpaired) electrons. The molecular weight excluding hydrogens is 188 g/mol.